The first-order valence-electron chi connectivity index (χ1n) is 7.91. The molecule has 4 rings (SSSR count). The summed E-state index contributed by atoms with van der Waals surface area (Å²) in [6.45, 7) is -0.0291. The maximum absolute atomic E-state index is 12.0. The van der Waals surface area contributed by atoms with E-state index in [1.165, 1.54) is 11.3 Å². The molecule has 8 heteroatoms. The van der Waals surface area contributed by atoms with Gasteiger partial charge in [0.1, 0.15) is 18.1 Å². The lowest BCUT2D eigenvalue weighted by Gasteiger charge is -2.25. The molecule has 0 radical (unpaired) electrons. The van der Waals surface area contributed by atoms with Gasteiger partial charge in [0.2, 0.25) is 0 Å². The van der Waals surface area contributed by atoms with Crippen LogP contribution in [0.2, 0.25) is 0 Å². The first kappa shape index (κ1) is 16.3. The quantitative estimate of drug-likeness (QED) is 0.694. The lowest BCUT2D eigenvalue weighted by atomic mass is 10.1. The van der Waals surface area contributed by atoms with Gasteiger partial charge in [-0.2, -0.15) is 0 Å². The fourth-order valence-corrected chi connectivity index (χ4v) is 3.18. The zero-order valence-electron chi connectivity index (χ0n) is 13.5. The van der Waals surface area contributed by atoms with Gasteiger partial charge < -0.3 is 19.3 Å². The minimum atomic E-state index is -0.920. The summed E-state index contributed by atoms with van der Waals surface area (Å²) in [7, 11) is 0. The van der Waals surface area contributed by atoms with Crippen molar-refractivity contribution in [1.29, 1.82) is 0 Å². The number of aromatic nitrogens is 1. The summed E-state index contributed by atoms with van der Waals surface area (Å²) < 4.78 is 16.0. The number of rotatable bonds is 5. The molecule has 0 fully saturated rings. The predicted molar refractivity (Wildman–Crippen MR) is 93.7 cm³/mol. The number of hydrogen-bond donors (Lipinski definition) is 1. The minimum absolute atomic E-state index is 0.0291. The molecular formula is C18H14N2O5S. The third-order valence-electron chi connectivity index (χ3n) is 3.76. The van der Waals surface area contributed by atoms with E-state index in [4.69, 9.17) is 14.0 Å². The monoisotopic (exact) mass is 370 g/mol. The SMILES string of the molecule is O=C(C[C@H]1Oc2ccccc2NC1=O)OCc1cc(-c2cccs2)on1. The van der Waals surface area contributed by atoms with Gasteiger partial charge >= 0.3 is 5.97 Å². The molecule has 2 aromatic heterocycles. The zero-order valence-corrected chi connectivity index (χ0v) is 14.3. The Morgan fingerprint density at radius 1 is 1.27 bits per heavy atom. The van der Waals surface area contributed by atoms with Gasteiger partial charge in [-0.15, -0.1) is 11.3 Å². The van der Waals surface area contributed by atoms with Crippen LogP contribution >= 0.6 is 11.3 Å². The Balaban J connectivity index is 1.33. The van der Waals surface area contributed by atoms with Crippen LogP contribution in [0.4, 0.5) is 5.69 Å². The van der Waals surface area contributed by atoms with Crippen LogP contribution < -0.4 is 10.1 Å². The number of thiophene rings is 1. The maximum atomic E-state index is 12.0. The Bertz CT molecular complexity index is 935. The van der Waals surface area contributed by atoms with E-state index in [0.717, 1.165) is 4.88 Å². The second-order valence-corrected chi connectivity index (χ2v) is 6.56. The van der Waals surface area contributed by atoms with Gasteiger partial charge in [-0.05, 0) is 23.6 Å². The van der Waals surface area contributed by atoms with Crippen LogP contribution in [0, 0.1) is 0 Å². The van der Waals surface area contributed by atoms with E-state index < -0.39 is 12.1 Å². The third kappa shape index (κ3) is 3.45. The second kappa shape index (κ2) is 7.01. The number of nitrogens with one attached hydrogen (secondary N) is 1. The first-order chi connectivity index (χ1) is 12.7. The van der Waals surface area contributed by atoms with E-state index in [0.29, 0.717) is 22.9 Å². The summed E-state index contributed by atoms with van der Waals surface area (Å²) in [6, 6.07) is 12.6. The van der Waals surface area contributed by atoms with Crippen molar-refractivity contribution in [2.45, 2.75) is 19.1 Å². The average molecular weight is 370 g/mol. The Hall–Kier alpha value is -3.13. The summed E-state index contributed by atoms with van der Waals surface area (Å²) >= 11 is 1.53. The molecule has 0 saturated heterocycles. The Kier molecular flexibility index (Phi) is 4.40. The zero-order chi connectivity index (χ0) is 17.9. The number of benzene rings is 1. The van der Waals surface area contributed by atoms with Gasteiger partial charge in [-0.3, -0.25) is 9.59 Å². The molecule has 1 aliphatic heterocycles. The Labute approximate surface area is 152 Å². The highest BCUT2D eigenvalue weighted by atomic mass is 32.1. The van der Waals surface area contributed by atoms with Crippen LogP contribution in [0.5, 0.6) is 5.75 Å². The second-order valence-electron chi connectivity index (χ2n) is 5.62. The normalized spacial score (nSPS) is 15.7. The van der Waals surface area contributed by atoms with Crippen molar-refractivity contribution < 1.29 is 23.6 Å². The van der Waals surface area contributed by atoms with Crippen LogP contribution in [0.3, 0.4) is 0 Å². The van der Waals surface area contributed by atoms with Crippen molar-refractivity contribution in [2.24, 2.45) is 0 Å². The van der Waals surface area contributed by atoms with Crippen molar-refractivity contribution in [3.8, 4) is 16.4 Å². The van der Waals surface area contributed by atoms with E-state index in [2.05, 4.69) is 10.5 Å². The third-order valence-corrected chi connectivity index (χ3v) is 4.65. The summed E-state index contributed by atoms with van der Waals surface area (Å²) in [6.07, 6.45) is -1.10. The number of carbonyl (C=O) groups is 2. The number of ether oxygens (including phenoxy) is 2. The molecule has 1 N–H and O–H groups in total. The molecule has 0 bridgehead atoms. The summed E-state index contributed by atoms with van der Waals surface area (Å²) in [5.41, 5.74) is 1.09. The fraction of sp³-hybridized carbons (Fsp3) is 0.167. The highest BCUT2D eigenvalue weighted by Crippen LogP contribution is 2.30. The van der Waals surface area contributed by atoms with E-state index >= 15 is 0 Å². The number of esters is 1. The molecule has 1 aliphatic rings. The van der Waals surface area contributed by atoms with Crippen LogP contribution in [-0.4, -0.2) is 23.1 Å². The maximum Gasteiger partial charge on any atom is 0.310 e. The van der Waals surface area contributed by atoms with Crippen molar-refractivity contribution in [1.82, 2.24) is 5.16 Å². The molecule has 1 amide bonds. The molecular weight excluding hydrogens is 356 g/mol. The van der Waals surface area contributed by atoms with Crippen molar-refractivity contribution in [3.63, 3.8) is 0 Å². The molecule has 132 valence electrons. The largest absolute Gasteiger partial charge is 0.478 e. The average Bonchev–Trinajstić information content (AvgIpc) is 3.32. The minimum Gasteiger partial charge on any atom is -0.478 e. The molecule has 0 saturated carbocycles. The number of carbonyl (C=O) groups excluding carboxylic acids is 2. The number of para-hydroxylation sites is 2. The molecule has 0 aliphatic carbocycles. The molecule has 3 heterocycles. The van der Waals surface area contributed by atoms with E-state index in [9.17, 15) is 9.59 Å². The van der Waals surface area contributed by atoms with Crippen LogP contribution in [0.15, 0.2) is 52.4 Å². The van der Waals surface area contributed by atoms with Crippen LogP contribution in [0.1, 0.15) is 12.1 Å². The van der Waals surface area contributed by atoms with Crippen molar-refractivity contribution in [2.75, 3.05) is 5.32 Å². The van der Waals surface area contributed by atoms with Gasteiger partial charge in [0.15, 0.2) is 11.9 Å². The highest BCUT2D eigenvalue weighted by molar-refractivity contribution is 7.13. The predicted octanol–water partition coefficient (Wildman–Crippen LogP) is 3.24. The Morgan fingerprint density at radius 2 is 2.15 bits per heavy atom. The topological polar surface area (TPSA) is 90.7 Å². The van der Waals surface area contributed by atoms with Gasteiger partial charge in [-0.1, -0.05) is 23.4 Å². The molecule has 7 nitrogen and oxygen atoms in total. The molecule has 26 heavy (non-hydrogen) atoms. The smallest absolute Gasteiger partial charge is 0.310 e. The number of anilines is 1. The highest BCUT2D eigenvalue weighted by Gasteiger charge is 2.30. The molecule has 0 spiro atoms. The first-order valence-corrected chi connectivity index (χ1v) is 8.78. The van der Waals surface area contributed by atoms with Gasteiger partial charge in [-0.25, -0.2) is 0 Å². The molecule has 0 unspecified atom stereocenters. The van der Waals surface area contributed by atoms with Gasteiger partial charge in [0.25, 0.3) is 5.91 Å². The number of amides is 1. The van der Waals surface area contributed by atoms with E-state index in [1.807, 2.05) is 17.5 Å². The summed E-state index contributed by atoms with van der Waals surface area (Å²) in [4.78, 5) is 25.0. The molecule has 1 aromatic carbocycles. The number of hydrogen-bond acceptors (Lipinski definition) is 7. The van der Waals surface area contributed by atoms with Crippen LogP contribution in [-0.2, 0) is 20.9 Å². The van der Waals surface area contributed by atoms with E-state index in [1.54, 1.807) is 30.3 Å². The lowest BCUT2D eigenvalue weighted by Crippen LogP contribution is -2.38. The van der Waals surface area contributed by atoms with E-state index in [-0.39, 0.29) is 18.9 Å². The van der Waals surface area contributed by atoms with Crippen molar-refractivity contribution >= 4 is 28.9 Å². The fourth-order valence-electron chi connectivity index (χ4n) is 2.51. The lowest BCUT2D eigenvalue weighted by molar-refractivity contribution is -0.149. The summed E-state index contributed by atoms with van der Waals surface area (Å²) in [5, 5.41) is 8.53. The molecule has 1 atom stereocenters. The van der Waals surface area contributed by atoms with Crippen LogP contribution in [0.25, 0.3) is 10.6 Å². The van der Waals surface area contributed by atoms with Crippen molar-refractivity contribution in [3.05, 3.63) is 53.5 Å². The van der Waals surface area contributed by atoms with Gasteiger partial charge in [0.05, 0.1) is 17.0 Å². The number of nitrogens with zero attached hydrogens (tertiary/aromatic N) is 1. The number of fused-ring (bicyclic) bond motifs is 1. The van der Waals surface area contributed by atoms with Gasteiger partial charge in [0, 0.05) is 6.07 Å². The summed E-state index contributed by atoms with van der Waals surface area (Å²) in [5.74, 6) is 0.229. The Morgan fingerprint density at radius 3 is 3.00 bits per heavy atom. The molecule has 3 aromatic rings. The standard InChI is InChI=1S/C18H14N2O5S/c21-17(9-15-18(22)19-12-4-1-2-5-13(12)24-15)23-10-11-8-14(25-20-11)16-6-3-7-26-16/h1-8,15H,9-10H2,(H,19,22)/t15-/m1/s1.